The number of nitrogens with one attached hydrogen (secondary N) is 1. The van der Waals surface area contributed by atoms with Gasteiger partial charge in [0.2, 0.25) is 0 Å². The number of carbonyl (C=O) groups is 1. The van der Waals surface area contributed by atoms with Crippen molar-refractivity contribution in [2.75, 3.05) is 31.5 Å². The van der Waals surface area contributed by atoms with E-state index in [0.717, 1.165) is 25.4 Å². The normalized spacial score (nSPS) is 15.2. The first-order valence-corrected chi connectivity index (χ1v) is 7.56. The van der Waals surface area contributed by atoms with Crippen molar-refractivity contribution in [3.05, 3.63) is 54.0 Å². The Morgan fingerprint density at radius 3 is 2.65 bits per heavy atom. The molecule has 2 aromatic rings. The van der Waals surface area contributed by atoms with Gasteiger partial charge in [-0.3, -0.25) is 4.90 Å². The van der Waals surface area contributed by atoms with Crippen molar-refractivity contribution < 1.29 is 9.21 Å². The fraction of sp³-hybridized carbons (Fsp3) is 0.294. The number of urea groups is 1. The van der Waals surface area contributed by atoms with Gasteiger partial charge in [-0.25, -0.2) is 4.79 Å². The minimum atomic E-state index is -0.162. The van der Waals surface area contributed by atoms with Crippen molar-refractivity contribution in [3.8, 4) is 6.07 Å². The molecule has 23 heavy (non-hydrogen) atoms. The predicted molar refractivity (Wildman–Crippen MR) is 85.7 cm³/mol. The zero-order valence-corrected chi connectivity index (χ0v) is 12.7. The van der Waals surface area contributed by atoms with Crippen LogP contribution in [0.3, 0.4) is 0 Å². The van der Waals surface area contributed by atoms with E-state index in [1.807, 2.05) is 12.1 Å². The quantitative estimate of drug-likeness (QED) is 0.945. The summed E-state index contributed by atoms with van der Waals surface area (Å²) in [7, 11) is 0. The molecule has 0 aliphatic carbocycles. The first kappa shape index (κ1) is 15.1. The van der Waals surface area contributed by atoms with Crippen molar-refractivity contribution in [2.45, 2.75) is 6.54 Å². The summed E-state index contributed by atoms with van der Waals surface area (Å²) in [5.41, 5.74) is 1.02. The van der Waals surface area contributed by atoms with Gasteiger partial charge in [-0.1, -0.05) is 12.1 Å². The second kappa shape index (κ2) is 6.99. The minimum absolute atomic E-state index is 0.162. The Labute approximate surface area is 134 Å². The Bertz CT molecular complexity index is 698. The molecule has 6 nitrogen and oxygen atoms in total. The largest absolute Gasteiger partial charge is 0.468 e. The number of benzene rings is 1. The zero-order valence-electron chi connectivity index (χ0n) is 12.7. The van der Waals surface area contributed by atoms with Gasteiger partial charge in [0, 0.05) is 26.2 Å². The molecule has 0 bridgehead atoms. The third-order valence-electron chi connectivity index (χ3n) is 3.91. The molecular formula is C17H18N4O2. The molecule has 0 atom stereocenters. The monoisotopic (exact) mass is 310 g/mol. The van der Waals surface area contributed by atoms with E-state index in [4.69, 9.17) is 9.68 Å². The van der Waals surface area contributed by atoms with Crippen molar-refractivity contribution in [2.24, 2.45) is 0 Å². The van der Waals surface area contributed by atoms with E-state index in [1.165, 1.54) is 0 Å². The van der Waals surface area contributed by atoms with Crippen LogP contribution >= 0.6 is 0 Å². The predicted octanol–water partition coefficient (Wildman–Crippen LogP) is 2.50. The highest BCUT2D eigenvalue weighted by Crippen LogP contribution is 2.15. The summed E-state index contributed by atoms with van der Waals surface area (Å²) >= 11 is 0. The third kappa shape index (κ3) is 3.71. The molecule has 6 heteroatoms. The maximum Gasteiger partial charge on any atom is 0.321 e. The van der Waals surface area contributed by atoms with Gasteiger partial charge in [-0.15, -0.1) is 0 Å². The molecule has 0 spiro atoms. The van der Waals surface area contributed by atoms with E-state index in [2.05, 4.69) is 16.3 Å². The van der Waals surface area contributed by atoms with Crippen LogP contribution in [0.15, 0.2) is 47.1 Å². The Morgan fingerprint density at radius 2 is 1.96 bits per heavy atom. The van der Waals surface area contributed by atoms with Crippen LogP contribution in [-0.4, -0.2) is 42.0 Å². The number of nitrogens with zero attached hydrogens (tertiary/aromatic N) is 3. The number of rotatable bonds is 3. The average Bonchev–Trinajstić information content (AvgIpc) is 3.09. The maximum absolute atomic E-state index is 12.3. The van der Waals surface area contributed by atoms with Gasteiger partial charge >= 0.3 is 6.03 Å². The highest BCUT2D eigenvalue weighted by atomic mass is 16.3. The lowest BCUT2D eigenvalue weighted by molar-refractivity contribution is 0.137. The fourth-order valence-electron chi connectivity index (χ4n) is 2.62. The summed E-state index contributed by atoms with van der Waals surface area (Å²) in [5, 5.41) is 11.9. The standard InChI is InChI=1S/C17H18N4O2/c18-12-14-4-1-2-6-16(14)19-17(22)21-9-7-20(8-10-21)13-15-5-3-11-23-15/h1-6,11H,7-10,13H2,(H,19,22). The van der Waals surface area contributed by atoms with Gasteiger partial charge in [-0.05, 0) is 24.3 Å². The van der Waals surface area contributed by atoms with E-state index in [0.29, 0.717) is 24.3 Å². The van der Waals surface area contributed by atoms with Crippen LogP contribution in [-0.2, 0) is 6.54 Å². The van der Waals surface area contributed by atoms with Crippen LogP contribution in [0.4, 0.5) is 10.5 Å². The number of anilines is 1. The highest BCUT2D eigenvalue weighted by Gasteiger charge is 2.22. The number of nitriles is 1. The Morgan fingerprint density at radius 1 is 1.17 bits per heavy atom. The van der Waals surface area contributed by atoms with E-state index < -0.39 is 0 Å². The first-order chi connectivity index (χ1) is 11.3. The van der Waals surface area contributed by atoms with Gasteiger partial charge in [0.1, 0.15) is 11.8 Å². The molecule has 3 rings (SSSR count). The SMILES string of the molecule is N#Cc1ccccc1NC(=O)N1CCN(Cc2ccco2)CC1. The van der Waals surface area contributed by atoms with Crippen LogP contribution in [0.1, 0.15) is 11.3 Å². The topological polar surface area (TPSA) is 72.5 Å². The number of furan rings is 1. The van der Waals surface area contributed by atoms with Gasteiger partial charge in [0.05, 0.1) is 24.1 Å². The molecule has 1 saturated heterocycles. The summed E-state index contributed by atoms with van der Waals surface area (Å²) in [5.74, 6) is 0.936. The summed E-state index contributed by atoms with van der Waals surface area (Å²) in [6, 6.07) is 12.8. The summed E-state index contributed by atoms with van der Waals surface area (Å²) in [4.78, 5) is 16.4. The van der Waals surface area contributed by atoms with E-state index in [1.54, 1.807) is 35.4 Å². The Hall–Kier alpha value is -2.78. The van der Waals surface area contributed by atoms with Crippen LogP contribution in [0.25, 0.3) is 0 Å². The zero-order chi connectivity index (χ0) is 16.1. The molecule has 2 amide bonds. The molecular weight excluding hydrogens is 292 g/mol. The third-order valence-corrected chi connectivity index (χ3v) is 3.91. The van der Waals surface area contributed by atoms with Crippen LogP contribution < -0.4 is 5.32 Å². The molecule has 1 aromatic heterocycles. The first-order valence-electron chi connectivity index (χ1n) is 7.56. The number of para-hydroxylation sites is 1. The molecule has 1 aliphatic heterocycles. The van der Waals surface area contributed by atoms with Gasteiger partial charge in [0.25, 0.3) is 0 Å². The highest BCUT2D eigenvalue weighted by molar-refractivity contribution is 5.90. The molecule has 1 aliphatic rings. The molecule has 1 fully saturated rings. The molecule has 0 saturated carbocycles. The van der Waals surface area contributed by atoms with E-state index >= 15 is 0 Å². The fourth-order valence-corrected chi connectivity index (χ4v) is 2.62. The summed E-state index contributed by atoms with van der Waals surface area (Å²) < 4.78 is 5.35. The number of hydrogen-bond acceptors (Lipinski definition) is 4. The van der Waals surface area contributed by atoms with E-state index in [9.17, 15) is 4.79 Å². The number of amides is 2. The lowest BCUT2D eigenvalue weighted by Gasteiger charge is -2.34. The van der Waals surface area contributed by atoms with Crippen molar-refractivity contribution >= 4 is 11.7 Å². The molecule has 1 N–H and O–H groups in total. The second-order valence-electron chi connectivity index (χ2n) is 5.43. The number of hydrogen-bond donors (Lipinski definition) is 1. The molecule has 2 heterocycles. The lowest BCUT2D eigenvalue weighted by Crippen LogP contribution is -2.49. The number of piperazine rings is 1. The van der Waals surface area contributed by atoms with Crippen molar-refractivity contribution in [1.82, 2.24) is 9.80 Å². The van der Waals surface area contributed by atoms with Gasteiger partial charge < -0.3 is 14.6 Å². The van der Waals surface area contributed by atoms with Gasteiger partial charge in [-0.2, -0.15) is 5.26 Å². The molecule has 0 radical (unpaired) electrons. The average molecular weight is 310 g/mol. The Kier molecular flexibility index (Phi) is 4.60. The van der Waals surface area contributed by atoms with E-state index in [-0.39, 0.29) is 6.03 Å². The minimum Gasteiger partial charge on any atom is -0.468 e. The molecule has 0 unspecified atom stereocenters. The second-order valence-corrected chi connectivity index (χ2v) is 5.43. The van der Waals surface area contributed by atoms with Gasteiger partial charge in [0.15, 0.2) is 0 Å². The van der Waals surface area contributed by atoms with Crippen LogP contribution in [0.5, 0.6) is 0 Å². The van der Waals surface area contributed by atoms with Crippen molar-refractivity contribution in [3.63, 3.8) is 0 Å². The molecule has 1 aromatic carbocycles. The van der Waals surface area contributed by atoms with Crippen molar-refractivity contribution in [1.29, 1.82) is 5.26 Å². The maximum atomic E-state index is 12.3. The lowest BCUT2D eigenvalue weighted by atomic mass is 10.2. The summed E-state index contributed by atoms with van der Waals surface area (Å²) in [6.07, 6.45) is 1.67. The van der Waals surface area contributed by atoms with Crippen LogP contribution in [0, 0.1) is 11.3 Å². The molecule has 118 valence electrons. The summed E-state index contributed by atoms with van der Waals surface area (Å²) in [6.45, 7) is 3.67. The smallest absolute Gasteiger partial charge is 0.321 e. The number of carbonyl (C=O) groups excluding carboxylic acids is 1. The Balaban J connectivity index is 1.53. The van der Waals surface area contributed by atoms with Crippen LogP contribution in [0.2, 0.25) is 0 Å².